The smallest absolute Gasteiger partial charge is 0.231 e. The van der Waals surface area contributed by atoms with Gasteiger partial charge in [-0.1, -0.05) is 0 Å². The maximum absolute atomic E-state index is 5.45. The maximum Gasteiger partial charge on any atom is 0.231 e. The first kappa shape index (κ1) is 13.1. The third-order valence-electron chi connectivity index (χ3n) is 4.39. The van der Waals surface area contributed by atoms with E-state index in [1.807, 2.05) is 29.5 Å². The number of aromatic nitrogens is 2. The Morgan fingerprint density at radius 2 is 1.96 bits per heavy atom. The summed E-state index contributed by atoms with van der Waals surface area (Å²) in [6.07, 6.45) is 6.45. The number of hydrogen-bond acceptors (Lipinski definition) is 6. The number of benzene rings is 1. The number of ether oxygens (including phenoxy) is 2. The van der Waals surface area contributed by atoms with Crippen molar-refractivity contribution in [3.8, 4) is 11.5 Å². The van der Waals surface area contributed by atoms with E-state index in [0.29, 0.717) is 0 Å². The topological polar surface area (TPSA) is 56.3 Å². The Bertz CT molecular complexity index is 906. The van der Waals surface area contributed by atoms with Crippen molar-refractivity contribution in [2.75, 3.05) is 12.1 Å². The van der Waals surface area contributed by atoms with Gasteiger partial charge in [0.2, 0.25) is 6.79 Å². The zero-order valence-corrected chi connectivity index (χ0v) is 13.3. The minimum atomic E-state index is 0.286. The number of thiophene rings is 1. The van der Waals surface area contributed by atoms with Crippen molar-refractivity contribution in [3.63, 3.8) is 0 Å². The fourth-order valence-corrected chi connectivity index (χ4v) is 4.52. The lowest BCUT2D eigenvalue weighted by Crippen LogP contribution is -2.01. The fourth-order valence-electron chi connectivity index (χ4n) is 3.30. The van der Waals surface area contributed by atoms with Gasteiger partial charge in [0.15, 0.2) is 11.5 Å². The van der Waals surface area contributed by atoms with Crippen LogP contribution in [0.3, 0.4) is 0 Å². The van der Waals surface area contributed by atoms with Crippen LogP contribution in [-0.2, 0) is 12.8 Å². The van der Waals surface area contributed by atoms with Gasteiger partial charge < -0.3 is 14.8 Å². The first-order valence-corrected chi connectivity index (χ1v) is 8.62. The lowest BCUT2D eigenvalue weighted by atomic mass is 9.97. The Morgan fingerprint density at radius 1 is 1.04 bits per heavy atom. The molecule has 0 atom stereocenters. The molecule has 1 N–H and O–H groups in total. The summed E-state index contributed by atoms with van der Waals surface area (Å²) < 4.78 is 10.8. The molecule has 0 saturated heterocycles. The quantitative estimate of drug-likeness (QED) is 0.770. The van der Waals surface area contributed by atoms with Gasteiger partial charge in [-0.15, -0.1) is 11.3 Å². The number of nitrogens with zero attached hydrogens (tertiary/aromatic N) is 2. The van der Waals surface area contributed by atoms with E-state index in [9.17, 15) is 0 Å². The van der Waals surface area contributed by atoms with Crippen LogP contribution in [0.15, 0.2) is 24.5 Å². The van der Waals surface area contributed by atoms with Gasteiger partial charge in [-0.3, -0.25) is 0 Å². The summed E-state index contributed by atoms with van der Waals surface area (Å²) in [6.45, 7) is 0.286. The van der Waals surface area contributed by atoms with Crippen molar-refractivity contribution in [1.29, 1.82) is 0 Å². The number of aryl methyl sites for hydroxylation is 2. The van der Waals surface area contributed by atoms with Gasteiger partial charge in [0.1, 0.15) is 17.0 Å². The highest BCUT2D eigenvalue weighted by molar-refractivity contribution is 7.19. The van der Waals surface area contributed by atoms with Crippen LogP contribution in [0.1, 0.15) is 23.3 Å². The fraction of sp³-hybridized carbons (Fsp3) is 0.294. The van der Waals surface area contributed by atoms with Crippen LogP contribution in [-0.4, -0.2) is 16.8 Å². The van der Waals surface area contributed by atoms with E-state index in [0.717, 1.165) is 34.3 Å². The van der Waals surface area contributed by atoms with Gasteiger partial charge in [0, 0.05) is 16.6 Å². The van der Waals surface area contributed by atoms with Crippen molar-refractivity contribution >= 4 is 33.1 Å². The molecule has 1 aliphatic heterocycles. The summed E-state index contributed by atoms with van der Waals surface area (Å²) in [6, 6.07) is 5.86. The summed E-state index contributed by atoms with van der Waals surface area (Å²) in [5, 5.41) is 4.62. The van der Waals surface area contributed by atoms with Gasteiger partial charge in [-0.05, 0) is 43.4 Å². The van der Waals surface area contributed by atoms with Gasteiger partial charge in [-0.25, -0.2) is 9.97 Å². The summed E-state index contributed by atoms with van der Waals surface area (Å²) in [5.41, 5.74) is 2.38. The van der Waals surface area contributed by atoms with Crippen LogP contribution >= 0.6 is 11.3 Å². The van der Waals surface area contributed by atoms with E-state index in [2.05, 4.69) is 15.3 Å². The van der Waals surface area contributed by atoms with Crippen molar-refractivity contribution in [2.24, 2.45) is 0 Å². The highest BCUT2D eigenvalue weighted by Crippen LogP contribution is 2.40. The van der Waals surface area contributed by atoms with E-state index in [1.165, 1.54) is 35.1 Å². The molecule has 1 aromatic carbocycles. The van der Waals surface area contributed by atoms with Crippen LogP contribution in [0.5, 0.6) is 11.5 Å². The van der Waals surface area contributed by atoms with Crippen molar-refractivity contribution in [2.45, 2.75) is 25.7 Å². The van der Waals surface area contributed by atoms with Crippen molar-refractivity contribution in [1.82, 2.24) is 9.97 Å². The number of hydrogen-bond donors (Lipinski definition) is 1. The van der Waals surface area contributed by atoms with E-state index < -0.39 is 0 Å². The Morgan fingerprint density at radius 3 is 2.96 bits per heavy atom. The molecule has 2 aromatic heterocycles. The van der Waals surface area contributed by atoms with E-state index in [-0.39, 0.29) is 6.79 Å². The van der Waals surface area contributed by atoms with Crippen LogP contribution < -0.4 is 14.8 Å². The number of nitrogens with one attached hydrogen (secondary N) is 1. The molecule has 0 saturated carbocycles. The minimum absolute atomic E-state index is 0.286. The second-order valence-corrected chi connectivity index (χ2v) is 6.89. The molecule has 116 valence electrons. The second-order valence-electron chi connectivity index (χ2n) is 5.81. The van der Waals surface area contributed by atoms with Crippen LogP contribution in [0.25, 0.3) is 10.2 Å². The number of anilines is 2. The van der Waals surface area contributed by atoms with Gasteiger partial charge in [0.05, 0.1) is 5.39 Å². The maximum atomic E-state index is 5.45. The summed E-state index contributed by atoms with van der Waals surface area (Å²) in [7, 11) is 0. The SMILES string of the molecule is c1nc(Nc2ccc3c(c2)OCO3)c2c3c(sc2n1)CCCC3. The molecule has 3 heterocycles. The lowest BCUT2D eigenvalue weighted by Gasteiger charge is -2.12. The third kappa shape index (κ3) is 2.13. The average molecular weight is 325 g/mol. The molecule has 5 nitrogen and oxygen atoms in total. The molecule has 2 aliphatic rings. The monoisotopic (exact) mass is 325 g/mol. The number of rotatable bonds is 2. The predicted octanol–water partition coefficient (Wildman–Crippen LogP) is 4.04. The van der Waals surface area contributed by atoms with Gasteiger partial charge in [-0.2, -0.15) is 0 Å². The summed E-state index contributed by atoms with van der Waals surface area (Å²) >= 11 is 1.81. The predicted molar refractivity (Wildman–Crippen MR) is 89.9 cm³/mol. The van der Waals surface area contributed by atoms with Crippen molar-refractivity contribution in [3.05, 3.63) is 35.0 Å². The van der Waals surface area contributed by atoms with Gasteiger partial charge in [0.25, 0.3) is 0 Å². The minimum Gasteiger partial charge on any atom is -0.454 e. The van der Waals surface area contributed by atoms with Crippen LogP contribution in [0, 0.1) is 0 Å². The largest absolute Gasteiger partial charge is 0.454 e. The number of fused-ring (bicyclic) bond motifs is 4. The lowest BCUT2D eigenvalue weighted by molar-refractivity contribution is 0.174. The third-order valence-corrected chi connectivity index (χ3v) is 5.59. The first-order chi connectivity index (χ1) is 11.4. The molecule has 0 bridgehead atoms. The van der Waals surface area contributed by atoms with Crippen molar-refractivity contribution < 1.29 is 9.47 Å². The summed E-state index contributed by atoms with van der Waals surface area (Å²) in [4.78, 5) is 11.5. The van der Waals surface area contributed by atoms with E-state index in [4.69, 9.17) is 9.47 Å². The summed E-state index contributed by atoms with van der Waals surface area (Å²) in [5.74, 6) is 2.44. The molecular formula is C17H15N3O2S. The van der Waals surface area contributed by atoms with Crippen LogP contribution in [0.2, 0.25) is 0 Å². The highest BCUT2D eigenvalue weighted by atomic mass is 32.1. The zero-order chi connectivity index (χ0) is 15.2. The molecule has 6 heteroatoms. The molecule has 0 radical (unpaired) electrons. The molecule has 23 heavy (non-hydrogen) atoms. The first-order valence-electron chi connectivity index (χ1n) is 7.80. The highest BCUT2D eigenvalue weighted by Gasteiger charge is 2.20. The molecular weight excluding hydrogens is 310 g/mol. The average Bonchev–Trinajstić information content (AvgIpc) is 3.18. The van der Waals surface area contributed by atoms with Crippen LogP contribution in [0.4, 0.5) is 11.5 Å². The Kier molecular flexibility index (Phi) is 2.91. The molecule has 0 fully saturated rings. The molecule has 0 spiro atoms. The molecule has 5 rings (SSSR count). The molecule has 3 aromatic rings. The zero-order valence-electron chi connectivity index (χ0n) is 12.5. The Hall–Kier alpha value is -2.34. The Balaban J connectivity index is 1.59. The standard InChI is InChI=1S/C17H15N3O2S/c1-2-4-14-11(3-1)15-16(18-8-19-17(15)23-14)20-10-5-6-12-13(7-10)22-9-21-12/h5-8H,1-4,9H2,(H,18,19,20). The van der Waals surface area contributed by atoms with E-state index >= 15 is 0 Å². The van der Waals surface area contributed by atoms with Gasteiger partial charge >= 0.3 is 0 Å². The Labute approximate surface area is 137 Å². The second kappa shape index (κ2) is 5.09. The van der Waals surface area contributed by atoms with E-state index in [1.54, 1.807) is 6.33 Å². The molecule has 0 unspecified atom stereocenters. The normalized spacial score (nSPS) is 15.7. The molecule has 0 amide bonds. The molecule has 1 aliphatic carbocycles.